The van der Waals surface area contributed by atoms with Crippen molar-refractivity contribution in [3.05, 3.63) is 0 Å². The molecule has 18 heavy (non-hydrogen) atoms. The average molecular weight is 271 g/mol. The maximum atomic E-state index is 11.8. The monoisotopic (exact) mass is 271 g/mol. The molecule has 0 spiro atoms. The van der Waals surface area contributed by atoms with E-state index in [1.807, 2.05) is 18.7 Å². The van der Waals surface area contributed by atoms with Gasteiger partial charge in [-0.2, -0.15) is 11.8 Å². The van der Waals surface area contributed by atoms with Crippen molar-refractivity contribution in [1.82, 2.24) is 4.90 Å². The van der Waals surface area contributed by atoms with Crippen LogP contribution < -0.4 is 0 Å². The largest absolute Gasteiger partial charge is 0.466 e. The van der Waals surface area contributed by atoms with Crippen LogP contribution in [-0.2, 0) is 9.53 Å². The number of carbonyl (C=O) groups is 1. The molecule has 3 nitrogen and oxygen atoms in total. The van der Waals surface area contributed by atoms with E-state index in [-0.39, 0.29) is 5.97 Å². The van der Waals surface area contributed by atoms with Crippen molar-refractivity contribution in [3.8, 4) is 0 Å². The normalized spacial score (nSPS) is 36.4. The van der Waals surface area contributed by atoms with E-state index in [1.54, 1.807) is 0 Å². The van der Waals surface area contributed by atoms with Crippen molar-refractivity contribution in [2.45, 2.75) is 56.4 Å². The van der Waals surface area contributed by atoms with Gasteiger partial charge in [-0.1, -0.05) is 12.8 Å². The van der Waals surface area contributed by atoms with E-state index in [9.17, 15) is 4.79 Å². The molecule has 0 radical (unpaired) electrons. The lowest BCUT2D eigenvalue weighted by Crippen LogP contribution is -2.37. The summed E-state index contributed by atoms with van der Waals surface area (Å²) in [7, 11) is 2.20. The molecule has 0 N–H and O–H groups in total. The van der Waals surface area contributed by atoms with Gasteiger partial charge in [0.1, 0.15) is 0 Å². The second-order valence-corrected chi connectivity index (χ2v) is 6.47. The summed E-state index contributed by atoms with van der Waals surface area (Å²) in [4.78, 5) is 14.2. The Morgan fingerprint density at radius 2 is 2.11 bits per heavy atom. The van der Waals surface area contributed by atoms with Crippen LogP contribution in [0.5, 0.6) is 0 Å². The summed E-state index contributed by atoms with van der Waals surface area (Å²) in [6.45, 7) is 2.37. The van der Waals surface area contributed by atoms with Crippen LogP contribution in [0.2, 0.25) is 0 Å². The van der Waals surface area contributed by atoms with Gasteiger partial charge < -0.3 is 4.74 Å². The molecule has 2 aliphatic rings. The van der Waals surface area contributed by atoms with Crippen LogP contribution in [0.1, 0.15) is 39.0 Å². The molecule has 4 atom stereocenters. The smallest absolute Gasteiger partial charge is 0.307 e. The first-order valence-electron chi connectivity index (χ1n) is 7.09. The Morgan fingerprint density at radius 1 is 1.39 bits per heavy atom. The van der Waals surface area contributed by atoms with Crippen molar-refractivity contribution in [1.29, 1.82) is 0 Å². The van der Waals surface area contributed by atoms with Crippen LogP contribution in [0.3, 0.4) is 0 Å². The highest BCUT2D eigenvalue weighted by molar-refractivity contribution is 7.99. The molecular formula is C14H25NO2S. The molecule has 4 unspecified atom stereocenters. The van der Waals surface area contributed by atoms with Gasteiger partial charge in [0, 0.05) is 17.3 Å². The first-order valence-corrected chi connectivity index (χ1v) is 8.38. The Labute approximate surface area is 115 Å². The fourth-order valence-corrected chi connectivity index (χ4v) is 5.04. The third-order valence-corrected chi connectivity index (χ3v) is 5.79. The summed E-state index contributed by atoms with van der Waals surface area (Å²) < 4.78 is 5.12. The van der Waals surface area contributed by atoms with Gasteiger partial charge in [0.2, 0.25) is 0 Å². The quantitative estimate of drug-likeness (QED) is 0.735. The zero-order chi connectivity index (χ0) is 13.1. The lowest BCUT2D eigenvalue weighted by Gasteiger charge is -2.30. The molecule has 1 aliphatic heterocycles. The maximum absolute atomic E-state index is 11.8. The predicted molar refractivity (Wildman–Crippen MR) is 75.9 cm³/mol. The van der Waals surface area contributed by atoms with E-state index < -0.39 is 0 Å². The number of fused-ring (bicyclic) bond motifs is 1. The molecule has 0 amide bonds. The summed E-state index contributed by atoms with van der Waals surface area (Å²) in [6.07, 6.45) is 8.09. The number of ether oxygens (including phenoxy) is 1. The molecule has 4 heteroatoms. The highest BCUT2D eigenvalue weighted by atomic mass is 32.2. The Bertz CT molecular complexity index is 298. The van der Waals surface area contributed by atoms with Crippen molar-refractivity contribution in [2.75, 3.05) is 19.9 Å². The van der Waals surface area contributed by atoms with Crippen LogP contribution in [0, 0.1) is 5.92 Å². The minimum absolute atomic E-state index is 0.0351. The molecule has 1 saturated carbocycles. The molecule has 0 aromatic rings. The number of likely N-dealkylation sites (tertiary alicyclic amines) is 1. The lowest BCUT2D eigenvalue weighted by atomic mass is 9.84. The van der Waals surface area contributed by atoms with Crippen LogP contribution in [0.25, 0.3) is 0 Å². The zero-order valence-corrected chi connectivity index (χ0v) is 12.5. The van der Waals surface area contributed by atoms with Gasteiger partial charge in [0.15, 0.2) is 0 Å². The van der Waals surface area contributed by atoms with Gasteiger partial charge in [0.25, 0.3) is 0 Å². The zero-order valence-electron chi connectivity index (χ0n) is 11.7. The Kier molecular flexibility index (Phi) is 4.96. The van der Waals surface area contributed by atoms with E-state index in [4.69, 9.17) is 4.74 Å². The fraction of sp³-hybridized carbons (Fsp3) is 0.929. The molecule has 1 heterocycles. The average Bonchev–Trinajstić information content (AvgIpc) is 2.63. The molecule has 2 rings (SSSR count). The molecule has 104 valence electrons. The summed E-state index contributed by atoms with van der Waals surface area (Å²) in [5, 5.41) is 0.602. The topological polar surface area (TPSA) is 29.5 Å². The SMILES string of the molecule is CCOC(=O)CC1C(SC)C2CCCCC2N1C. The second-order valence-electron chi connectivity index (χ2n) is 5.46. The minimum atomic E-state index is -0.0351. The summed E-state index contributed by atoms with van der Waals surface area (Å²) in [6, 6.07) is 1.06. The van der Waals surface area contributed by atoms with Crippen molar-refractivity contribution >= 4 is 17.7 Å². The number of nitrogens with zero attached hydrogens (tertiary/aromatic N) is 1. The predicted octanol–water partition coefficient (Wildman–Crippen LogP) is 2.54. The molecule has 0 aromatic heterocycles. The number of thioether (sulfide) groups is 1. The highest BCUT2D eigenvalue weighted by Gasteiger charge is 2.47. The Morgan fingerprint density at radius 3 is 2.78 bits per heavy atom. The number of esters is 1. The van der Waals surface area contributed by atoms with Crippen LogP contribution in [-0.4, -0.2) is 48.1 Å². The van der Waals surface area contributed by atoms with Crippen molar-refractivity contribution in [2.24, 2.45) is 5.92 Å². The third-order valence-electron chi connectivity index (χ3n) is 4.58. The Balaban J connectivity index is 2.05. The summed E-state index contributed by atoms with van der Waals surface area (Å²) in [5.41, 5.74) is 0. The molecule has 0 bridgehead atoms. The standard InChI is InChI=1S/C14H25NO2S/c1-4-17-13(16)9-12-14(18-3)10-7-5-6-8-11(10)15(12)2/h10-12,14H,4-9H2,1-3H3. The highest BCUT2D eigenvalue weighted by Crippen LogP contribution is 2.44. The lowest BCUT2D eigenvalue weighted by molar-refractivity contribution is -0.144. The van der Waals surface area contributed by atoms with E-state index in [1.165, 1.54) is 25.7 Å². The number of hydrogen-bond donors (Lipinski definition) is 0. The maximum Gasteiger partial charge on any atom is 0.307 e. The first-order chi connectivity index (χ1) is 8.69. The van der Waals surface area contributed by atoms with E-state index >= 15 is 0 Å². The van der Waals surface area contributed by atoms with Crippen molar-refractivity contribution in [3.63, 3.8) is 0 Å². The van der Waals surface area contributed by atoms with Gasteiger partial charge in [0.05, 0.1) is 13.0 Å². The van der Waals surface area contributed by atoms with Gasteiger partial charge in [-0.05, 0) is 39.0 Å². The van der Waals surface area contributed by atoms with Gasteiger partial charge in [-0.3, -0.25) is 9.69 Å². The van der Waals surface area contributed by atoms with Gasteiger partial charge >= 0.3 is 5.97 Å². The fourth-order valence-electron chi connectivity index (χ4n) is 3.77. The van der Waals surface area contributed by atoms with Gasteiger partial charge in [-0.25, -0.2) is 0 Å². The molecular weight excluding hydrogens is 246 g/mol. The summed E-state index contributed by atoms with van der Waals surface area (Å²) >= 11 is 1.94. The van der Waals surface area contributed by atoms with Crippen molar-refractivity contribution < 1.29 is 9.53 Å². The third kappa shape index (κ3) is 2.69. The first kappa shape index (κ1) is 14.2. The summed E-state index contributed by atoms with van der Waals surface area (Å²) in [5.74, 6) is 0.741. The number of hydrogen-bond acceptors (Lipinski definition) is 4. The van der Waals surface area contributed by atoms with Crippen LogP contribution in [0.4, 0.5) is 0 Å². The van der Waals surface area contributed by atoms with E-state index in [2.05, 4.69) is 18.2 Å². The molecule has 1 aliphatic carbocycles. The number of carbonyl (C=O) groups excluding carboxylic acids is 1. The molecule has 0 aromatic carbocycles. The molecule has 2 fully saturated rings. The van der Waals surface area contributed by atoms with Crippen LogP contribution in [0.15, 0.2) is 0 Å². The number of rotatable bonds is 4. The minimum Gasteiger partial charge on any atom is -0.466 e. The Hall–Kier alpha value is -0.220. The second kappa shape index (κ2) is 6.29. The van der Waals surface area contributed by atoms with E-state index in [0.29, 0.717) is 30.4 Å². The van der Waals surface area contributed by atoms with E-state index in [0.717, 1.165) is 5.92 Å². The van der Waals surface area contributed by atoms with Crippen LogP contribution >= 0.6 is 11.8 Å². The molecule has 1 saturated heterocycles. The van der Waals surface area contributed by atoms with Gasteiger partial charge in [-0.15, -0.1) is 0 Å².